The predicted octanol–water partition coefficient (Wildman–Crippen LogP) is 2.20. The number of nitrogens with two attached hydrogens (primary N) is 1. The zero-order valence-electron chi connectivity index (χ0n) is 14.1. The number of aryl methyl sites for hydroxylation is 1. The van der Waals surface area contributed by atoms with Crippen LogP contribution in [0.1, 0.15) is 27.9 Å². The minimum Gasteiger partial charge on any atom is -0.478 e. The van der Waals surface area contributed by atoms with Crippen LogP contribution in [0.15, 0.2) is 42.6 Å². The maximum absolute atomic E-state index is 10.9. The third-order valence-corrected chi connectivity index (χ3v) is 4.43. The first-order chi connectivity index (χ1) is 12.1. The molecule has 0 saturated carbocycles. The molecule has 2 heterocycles. The lowest BCUT2D eigenvalue weighted by atomic mass is 10.1. The molecule has 0 spiro atoms. The molecule has 0 radical (unpaired) electrons. The summed E-state index contributed by atoms with van der Waals surface area (Å²) in [5.41, 5.74) is 8.33. The first kappa shape index (κ1) is 17.4. The third kappa shape index (κ3) is 5.01. The van der Waals surface area contributed by atoms with E-state index in [4.69, 9.17) is 15.6 Å². The Kier molecular flexibility index (Phi) is 5.63. The van der Waals surface area contributed by atoms with Gasteiger partial charge in [-0.1, -0.05) is 12.1 Å². The van der Waals surface area contributed by atoms with Crippen LogP contribution in [0.5, 0.6) is 0 Å². The number of nitrogen functional groups attached to an aromatic ring is 1. The second kappa shape index (κ2) is 8.09. The van der Waals surface area contributed by atoms with Crippen LogP contribution in [-0.2, 0) is 17.7 Å². The van der Waals surface area contributed by atoms with Crippen LogP contribution >= 0.6 is 0 Å². The lowest BCUT2D eigenvalue weighted by Gasteiger charge is -2.33. The molecule has 0 bridgehead atoms. The molecule has 1 aromatic heterocycles. The van der Waals surface area contributed by atoms with Crippen LogP contribution in [0, 0.1) is 0 Å². The monoisotopic (exact) mass is 341 g/mol. The van der Waals surface area contributed by atoms with Gasteiger partial charge in [0.25, 0.3) is 0 Å². The molecular formula is C19H23N3O3. The number of aromatic carboxylic acids is 1. The summed E-state index contributed by atoms with van der Waals surface area (Å²) in [6.45, 7) is 3.29. The van der Waals surface area contributed by atoms with E-state index in [1.165, 1.54) is 5.56 Å². The molecule has 0 amide bonds. The molecule has 1 unspecified atom stereocenters. The molecule has 3 rings (SSSR count). The number of carbonyl (C=O) groups is 1. The molecule has 6 nitrogen and oxygen atoms in total. The zero-order valence-corrected chi connectivity index (χ0v) is 14.1. The number of hydrogen-bond donors (Lipinski definition) is 2. The van der Waals surface area contributed by atoms with Gasteiger partial charge in [0.2, 0.25) is 0 Å². The highest BCUT2D eigenvalue weighted by Crippen LogP contribution is 2.16. The van der Waals surface area contributed by atoms with E-state index in [1.54, 1.807) is 18.3 Å². The molecule has 0 aliphatic carbocycles. The van der Waals surface area contributed by atoms with Crippen molar-refractivity contribution in [1.82, 2.24) is 9.88 Å². The van der Waals surface area contributed by atoms with Crippen LogP contribution in [0.25, 0.3) is 0 Å². The number of benzene rings is 1. The molecule has 1 saturated heterocycles. The smallest absolute Gasteiger partial charge is 0.335 e. The van der Waals surface area contributed by atoms with Crippen molar-refractivity contribution >= 4 is 11.8 Å². The van der Waals surface area contributed by atoms with Crippen LogP contribution in [-0.4, -0.2) is 46.8 Å². The molecule has 1 aliphatic heterocycles. The fraction of sp³-hybridized carbons (Fsp3) is 0.368. The SMILES string of the molecule is Nc1cc(CCC2CN(Cc3ccc(C(=O)O)cc3)CCO2)ccn1. The second-order valence-electron chi connectivity index (χ2n) is 6.36. The van der Waals surface area contributed by atoms with Crippen molar-refractivity contribution in [2.24, 2.45) is 0 Å². The molecular weight excluding hydrogens is 318 g/mol. The first-order valence-corrected chi connectivity index (χ1v) is 8.47. The van der Waals surface area contributed by atoms with Gasteiger partial charge in [-0.3, -0.25) is 4.90 Å². The van der Waals surface area contributed by atoms with E-state index in [0.29, 0.717) is 11.4 Å². The Morgan fingerprint density at radius 2 is 2.08 bits per heavy atom. The van der Waals surface area contributed by atoms with Crippen molar-refractivity contribution in [2.45, 2.75) is 25.5 Å². The van der Waals surface area contributed by atoms with Crippen LogP contribution in [0.4, 0.5) is 5.82 Å². The van der Waals surface area contributed by atoms with E-state index in [0.717, 1.165) is 44.6 Å². The lowest BCUT2D eigenvalue weighted by molar-refractivity contribution is -0.0345. The Morgan fingerprint density at radius 3 is 2.80 bits per heavy atom. The molecule has 132 valence electrons. The first-order valence-electron chi connectivity index (χ1n) is 8.47. The number of morpholine rings is 1. The minimum absolute atomic E-state index is 0.196. The van der Waals surface area contributed by atoms with Gasteiger partial charge in [-0.2, -0.15) is 0 Å². The van der Waals surface area contributed by atoms with Crippen molar-refractivity contribution in [3.05, 3.63) is 59.3 Å². The minimum atomic E-state index is -0.894. The van der Waals surface area contributed by atoms with Crippen molar-refractivity contribution in [2.75, 3.05) is 25.4 Å². The van der Waals surface area contributed by atoms with Gasteiger partial charge in [-0.05, 0) is 48.2 Å². The van der Waals surface area contributed by atoms with E-state index in [-0.39, 0.29) is 6.10 Å². The fourth-order valence-corrected chi connectivity index (χ4v) is 3.09. The van der Waals surface area contributed by atoms with Crippen LogP contribution in [0.2, 0.25) is 0 Å². The standard InChI is InChI=1S/C19H23N3O3/c20-18-11-14(7-8-21-18)3-6-17-13-22(9-10-25-17)12-15-1-4-16(5-2-15)19(23)24/h1-2,4-5,7-8,11,17H,3,6,9-10,12-13H2,(H2,20,21)(H,23,24). The van der Waals surface area contributed by atoms with Crippen LogP contribution < -0.4 is 5.73 Å². The summed E-state index contributed by atoms with van der Waals surface area (Å²) in [6.07, 6.45) is 3.79. The molecule has 3 N–H and O–H groups in total. The van der Waals surface area contributed by atoms with Crippen LogP contribution in [0.3, 0.4) is 0 Å². The van der Waals surface area contributed by atoms with Crippen molar-refractivity contribution in [1.29, 1.82) is 0 Å². The number of anilines is 1. The number of carboxylic acid groups (broad SMARTS) is 1. The summed E-state index contributed by atoms with van der Waals surface area (Å²) >= 11 is 0. The van der Waals surface area contributed by atoms with E-state index < -0.39 is 5.97 Å². The van der Waals surface area contributed by atoms with Crippen molar-refractivity contribution in [3.63, 3.8) is 0 Å². The number of carboxylic acids is 1. The molecule has 6 heteroatoms. The van der Waals surface area contributed by atoms with Gasteiger partial charge in [0.15, 0.2) is 0 Å². The number of aromatic nitrogens is 1. The summed E-state index contributed by atoms with van der Waals surface area (Å²) in [4.78, 5) is 17.3. The van der Waals surface area contributed by atoms with E-state index in [2.05, 4.69) is 9.88 Å². The highest BCUT2D eigenvalue weighted by molar-refractivity contribution is 5.87. The molecule has 25 heavy (non-hydrogen) atoms. The number of pyridine rings is 1. The summed E-state index contributed by atoms with van der Waals surface area (Å²) < 4.78 is 5.88. The largest absolute Gasteiger partial charge is 0.478 e. The molecule has 1 fully saturated rings. The zero-order chi connectivity index (χ0) is 17.6. The number of rotatable bonds is 6. The summed E-state index contributed by atoms with van der Waals surface area (Å²) in [5, 5.41) is 8.96. The normalized spacial score (nSPS) is 18.2. The van der Waals surface area contributed by atoms with E-state index >= 15 is 0 Å². The highest BCUT2D eigenvalue weighted by atomic mass is 16.5. The highest BCUT2D eigenvalue weighted by Gasteiger charge is 2.20. The van der Waals surface area contributed by atoms with Gasteiger partial charge < -0.3 is 15.6 Å². The average Bonchev–Trinajstić information content (AvgIpc) is 2.61. The average molecular weight is 341 g/mol. The third-order valence-electron chi connectivity index (χ3n) is 4.43. The quantitative estimate of drug-likeness (QED) is 0.837. The Bertz CT molecular complexity index is 718. The molecule has 2 aromatic rings. The fourth-order valence-electron chi connectivity index (χ4n) is 3.09. The van der Waals surface area contributed by atoms with Crippen molar-refractivity contribution in [3.8, 4) is 0 Å². The second-order valence-corrected chi connectivity index (χ2v) is 6.36. The predicted molar refractivity (Wildman–Crippen MR) is 95.4 cm³/mol. The molecule has 1 aromatic carbocycles. The van der Waals surface area contributed by atoms with Crippen molar-refractivity contribution < 1.29 is 14.6 Å². The van der Waals surface area contributed by atoms with E-state index in [1.807, 2.05) is 24.3 Å². The lowest BCUT2D eigenvalue weighted by Crippen LogP contribution is -2.42. The Balaban J connectivity index is 1.51. The van der Waals surface area contributed by atoms with Gasteiger partial charge in [0.05, 0.1) is 18.3 Å². The van der Waals surface area contributed by atoms with Gasteiger partial charge >= 0.3 is 5.97 Å². The Hall–Kier alpha value is -2.44. The summed E-state index contributed by atoms with van der Waals surface area (Å²) in [6, 6.07) is 11.0. The maximum Gasteiger partial charge on any atom is 0.335 e. The van der Waals surface area contributed by atoms with Gasteiger partial charge in [-0.15, -0.1) is 0 Å². The number of hydrogen-bond acceptors (Lipinski definition) is 5. The van der Waals surface area contributed by atoms with Gasteiger partial charge in [0.1, 0.15) is 5.82 Å². The maximum atomic E-state index is 10.9. The summed E-state index contributed by atoms with van der Waals surface area (Å²) in [5.74, 6) is -0.344. The Morgan fingerprint density at radius 1 is 1.28 bits per heavy atom. The summed E-state index contributed by atoms with van der Waals surface area (Å²) in [7, 11) is 0. The van der Waals surface area contributed by atoms with Gasteiger partial charge in [-0.25, -0.2) is 9.78 Å². The number of ether oxygens (including phenoxy) is 1. The molecule has 1 atom stereocenters. The molecule has 1 aliphatic rings. The number of nitrogens with zero attached hydrogens (tertiary/aromatic N) is 2. The topological polar surface area (TPSA) is 88.7 Å². The van der Waals surface area contributed by atoms with Gasteiger partial charge in [0, 0.05) is 25.8 Å². The Labute approximate surface area is 147 Å². The van der Waals surface area contributed by atoms with E-state index in [9.17, 15) is 4.79 Å².